The predicted octanol–water partition coefficient (Wildman–Crippen LogP) is 4.87. The highest BCUT2D eigenvalue weighted by atomic mass is 32.2. The minimum absolute atomic E-state index is 0.171. The van der Waals surface area contributed by atoms with Crippen LogP contribution in [0.1, 0.15) is 47.0 Å². The largest absolute Gasteiger partial charge is 0.465 e. The first-order valence-corrected chi connectivity index (χ1v) is 12.9. The summed E-state index contributed by atoms with van der Waals surface area (Å²) in [5.74, 6) is 0.449. The summed E-state index contributed by atoms with van der Waals surface area (Å²) in [4.78, 5) is 27.4. The normalized spacial score (nSPS) is 13.5. The smallest absolute Gasteiger partial charge is 0.341 e. The second-order valence-corrected chi connectivity index (χ2v) is 10.1. The lowest BCUT2D eigenvalue weighted by Gasteiger charge is -2.08. The second kappa shape index (κ2) is 9.97. The highest BCUT2D eigenvalue weighted by molar-refractivity contribution is 7.99. The van der Waals surface area contributed by atoms with Gasteiger partial charge in [0.1, 0.15) is 5.00 Å². The molecule has 0 saturated heterocycles. The molecule has 7 nitrogen and oxygen atoms in total. The lowest BCUT2D eigenvalue weighted by atomic mass is 10.1. The van der Waals surface area contributed by atoms with Gasteiger partial charge in [-0.2, -0.15) is 0 Å². The number of esters is 1. The Kier molecular flexibility index (Phi) is 7.09. The van der Waals surface area contributed by atoms with Crippen LogP contribution in [-0.2, 0) is 28.9 Å². The SMILES string of the molecule is CCn1c(SCC(=O)Nc2sc3c(c2C(=O)OC)CCCCC3)nnc1-c1cccs1. The first-order chi connectivity index (χ1) is 15.1. The number of thioether (sulfide) groups is 1. The number of carbonyl (C=O) groups is 2. The lowest BCUT2D eigenvalue weighted by Crippen LogP contribution is -2.16. The standard InChI is InChI=1S/C21H24N4O3S3/c1-3-25-18(15-10-7-11-29-15)23-24-21(25)30-12-16(26)22-19-17(20(27)28-2)13-8-5-4-6-9-14(13)31-19/h7,10-11H,3-6,8-9,12H2,1-2H3,(H,22,26). The van der Waals surface area contributed by atoms with Gasteiger partial charge in [-0.25, -0.2) is 4.79 Å². The Labute approximate surface area is 193 Å². The molecule has 0 saturated carbocycles. The molecule has 31 heavy (non-hydrogen) atoms. The van der Waals surface area contributed by atoms with Crippen molar-refractivity contribution in [3.8, 4) is 10.7 Å². The van der Waals surface area contributed by atoms with Gasteiger partial charge in [0, 0.05) is 11.4 Å². The maximum atomic E-state index is 12.7. The number of hydrogen-bond donors (Lipinski definition) is 1. The van der Waals surface area contributed by atoms with Crippen LogP contribution in [0.3, 0.4) is 0 Å². The topological polar surface area (TPSA) is 86.1 Å². The Morgan fingerprint density at radius 3 is 2.84 bits per heavy atom. The van der Waals surface area contributed by atoms with Crippen molar-refractivity contribution in [3.63, 3.8) is 0 Å². The van der Waals surface area contributed by atoms with Gasteiger partial charge in [0.05, 0.1) is 23.3 Å². The van der Waals surface area contributed by atoms with Crippen molar-refractivity contribution in [1.29, 1.82) is 0 Å². The van der Waals surface area contributed by atoms with Crippen LogP contribution >= 0.6 is 34.4 Å². The highest BCUT2D eigenvalue weighted by Gasteiger charge is 2.26. The van der Waals surface area contributed by atoms with E-state index in [1.165, 1.54) is 35.1 Å². The van der Waals surface area contributed by atoms with Crippen LogP contribution in [-0.4, -0.2) is 39.5 Å². The summed E-state index contributed by atoms with van der Waals surface area (Å²) < 4.78 is 7.02. The monoisotopic (exact) mass is 476 g/mol. The molecule has 3 heterocycles. The van der Waals surface area contributed by atoms with Crippen molar-refractivity contribution in [1.82, 2.24) is 14.8 Å². The summed E-state index contributed by atoms with van der Waals surface area (Å²) in [7, 11) is 1.38. The first-order valence-electron chi connectivity index (χ1n) is 10.2. The van der Waals surface area contributed by atoms with Gasteiger partial charge in [0.15, 0.2) is 11.0 Å². The molecule has 0 atom stereocenters. The van der Waals surface area contributed by atoms with E-state index in [9.17, 15) is 9.59 Å². The van der Waals surface area contributed by atoms with E-state index in [1.807, 2.05) is 29.0 Å². The van der Waals surface area contributed by atoms with Crippen LogP contribution in [0.25, 0.3) is 10.7 Å². The maximum Gasteiger partial charge on any atom is 0.341 e. The van der Waals surface area contributed by atoms with E-state index >= 15 is 0 Å². The predicted molar refractivity (Wildman–Crippen MR) is 125 cm³/mol. The average Bonchev–Trinajstić information content (AvgIpc) is 3.47. The fourth-order valence-corrected chi connectivity index (χ4v) is 6.52. The fraction of sp³-hybridized carbons (Fsp3) is 0.429. The molecule has 1 aliphatic rings. The third-order valence-corrected chi connectivity index (χ3v) is 8.21. The van der Waals surface area contributed by atoms with Gasteiger partial charge in [-0.3, -0.25) is 4.79 Å². The minimum Gasteiger partial charge on any atom is -0.465 e. The molecule has 4 rings (SSSR count). The molecule has 0 fully saturated rings. The molecular weight excluding hydrogens is 452 g/mol. The fourth-order valence-electron chi connectivity index (χ4n) is 3.71. The van der Waals surface area contributed by atoms with Gasteiger partial charge in [0.25, 0.3) is 0 Å². The molecule has 3 aromatic heterocycles. The number of nitrogens with one attached hydrogen (secondary N) is 1. The highest BCUT2D eigenvalue weighted by Crippen LogP contribution is 2.38. The number of ether oxygens (including phenoxy) is 1. The van der Waals surface area contributed by atoms with Crippen molar-refractivity contribution in [2.75, 3.05) is 18.2 Å². The Morgan fingerprint density at radius 2 is 2.10 bits per heavy atom. The van der Waals surface area contributed by atoms with Crippen LogP contribution < -0.4 is 5.32 Å². The Morgan fingerprint density at radius 1 is 1.26 bits per heavy atom. The average molecular weight is 477 g/mol. The number of methoxy groups -OCH3 is 1. The van der Waals surface area contributed by atoms with Gasteiger partial charge >= 0.3 is 5.97 Å². The van der Waals surface area contributed by atoms with Crippen LogP contribution in [0.5, 0.6) is 0 Å². The number of nitrogens with zero attached hydrogens (tertiary/aromatic N) is 3. The van der Waals surface area contributed by atoms with Crippen LogP contribution in [0.15, 0.2) is 22.7 Å². The summed E-state index contributed by atoms with van der Waals surface area (Å²) in [6, 6.07) is 3.99. The summed E-state index contributed by atoms with van der Waals surface area (Å²) in [5.41, 5.74) is 1.57. The zero-order valence-electron chi connectivity index (χ0n) is 17.5. The number of aryl methyl sites for hydroxylation is 1. The molecule has 0 aromatic carbocycles. The van der Waals surface area contributed by atoms with Crippen molar-refractivity contribution < 1.29 is 14.3 Å². The van der Waals surface area contributed by atoms with Gasteiger partial charge < -0.3 is 14.6 Å². The zero-order chi connectivity index (χ0) is 21.8. The first kappa shape index (κ1) is 22.0. The summed E-state index contributed by atoms with van der Waals surface area (Å²) in [6.07, 6.45) is 5.12. The molecule has 0 aliphatic heterocycles. The van der Waals surface area contributed by atoms with Crippen molar-refractivity contribution >= 4 is 51.3 Å². The molecule has 164 valence electrons. The Bertz CT molecular complexity index is 1070. The molecule has 0 radical (unpaired) electrons. The Hall–Kier alpha value is -2.17. The lowest BCUT2D eigenvalue weighted by molar-refractivity contribution is -0.113. The molecule has 1 amide bonds. The van der Waals surface area contributed by atoms with E-state index < -0.39 is 0 Å². The van der Waals surface area contributed by atoms with Crippen LogP contribution in [0.2, 0.25) is 0 Å². The van der Waals surface area contributed by atoms with E-state index in [1.54, 1.807) is 11.3 Å². The van der Waals surface area contributed by atoms with Crippen molar-refractivity contribution in [2.45, 2.75) is 50.7 Å². The van der Waals surface area contributed by atoms with Gasteiger partial charge in [-0.05, 0) is 49.6 Å². The molecule has 3 aromatic rings. The van der Waals surface area contributed by atoms with Gasteiger partial charge in [0.2, 0.25) is 5.91 Å². The quantitative estimate of drug-likeness (QED) is 0.297. The number of thiophene rings is 2. The summed E-state index contributed by atoms with van der Waals surface area (Å²) in [5, 5.41) is 14.8. The van der Waals surface area contributed by atoms with E-state index in [4.69, 9.17) is 4.74 Å². The minimum atomic E-state index is -0.381. The van der Waals surface area contributed by atoms with E-state index in [0.717, 1.165) is 48.4 Å². The molecule has 1 N–H and O–H groups in total. The van der Waals surface area contributed by atoms with Crippen molar-refractivity contribution in [2.24, 2.45) is 0 Å². The third-order valence-electron chi connectivity index (χ3n) is 5.17. The molecule has 0 unspecified atom stereocenters. The second-order valence-electron chi connectivity index (χ2n) is 7.12. The number of anilines is 1. The zero-order valence-corrected chi connectivity index (χ0v) is 19.9. The Balaban J connectivity index is 1.48. The summed E-state index contributed by atoms with van der Waals surface area (Å²) in [6.45, 7) is 2.75. The number of aromatic nitrogens is 3. The molecular formula is C21H24N4O3S3. The summed E-state index contributed by atoms with van der Waals surface area (Å²) >= 11 is 4.46. The molecule has 10 heteroatoms. The maximum absolute atomic E-state index is 12.7. The van der Waals surface area contributed by atoms with E-state index in [2.05, 4.69) is 15.5 Å². The number of rotatable bonds is 7. The third kappa shape index (κ3) is 4.70. The van der Waals surface area contributed by atoms with Crippen LogP contribution in [0, 0.1) is 0 Å². The van der Waals surface area contributed by atoms with Gasteiger partial charge in [-0.1, -0.05) is 24.2 Å². The molecule has 0 bridgehead atoms. The number of amides is 1. The molecule has 1 aliphatic carbocycles. The van der Waals surface area contributed by atoms with Crippen molar-refractivity contribution in [3.05, 3.63) is 33.5 Å². The van der Waals surface area contributed by atoms with E-state index in [0.29, 0.717) is 22.3 Å². The number of carbonyl (C=O) groups excluding carboxylic acids is 2. The van der Waals surface area contributed by atoms with E-state index in [-0.39, 0.29) is 17.6 Å². The van der Waals surface area contributed by atoms with Crippen LogP contribution in [0.4, 0.5) is 5.00 Å². The molecule has 0 spiro atoms. The van der Waals surface area contributed by atoms with Gasteiger partial charge in [-0.15, -0.1) is 32.9 Å². The number of hydrogen-bond acceptors (Lipinski definition) is 8. The number of fused-ring (bicyclic) bond motifs is 1.